The number of hydrogen-bond donors (Lipinski definition) is 1. The largest absolute Gasteiger partial charge is 0.481 e. The molecule has 1 saturated carbocycles. The Morgan fingerprint density at radius 1 is 1.30 bits per heavy atom. The fourth-order valence-electron chi connectivity index (χ4n) is 2.62. The van der Waals surface area contributed by atoms with Gasteiger partial charge in [0.25, 0.3) is 0 Å². The third-order valence-corrected chi connectivity index (χ3v) is 3.81. The molecule has 0 unspecified atom stereocenters. The molecule has 20 heavy (non-hydrogen) atoms. The Morgan fingerprint density at radius 3 is 2.60 bits per heavy atom. The summed E-state index contributed by atoms with van der Waals surface area (Å²) in [5, 5.41) is 3.30. The Kier molecular flexibility index (Phi) is 4.86. The number of aromatic nitrogens is 1. The van der Waals surface area contributed by atoms with Crippen molar-refractivity contribution >= 4 is 0 Å². The standard InChI is InChI=1S/C14H19F3N2O/c1-20-13-10(3-2-8-18-13)9-19-12-6-4-11(5-7-12)14(15,16)17/h2-3,8,11-12,19H,4-7,9H2,1H3. The molecule has 0 atom stereocenters. The van der Waals surface area contributed by atoms with Crippen molar-refractivity contribution in [3.8, 4) is 5.88 Å². The lowest BCUT2D eigenvalue weighted by Crippen LogP contribution is -2.36. The van der Waals surface area contributed by atoms with Gasteiger partial charge in [-0.25, -0.2) is 4.98 Å². The molecule has 1 N–H and O–H groups in total. The number of nitrogens with one attached hydrogen (secondary N) is 1. The highest BCUT2D eigenvalue weighted by molar-refractivity contribution is 5.25. The number of alkyl halides is 3. The molecule has 1 aliphatic carbocycles. The highest BCUT2D eigenvalue weighted by atomic mass is 19.4. The van der Waals surface area contributed by atoms with Crippen LogP contribution in [-0.2, 0) is 6.54 Å². The third-order valence-electron chi connectivity index (χ3n) is 3.81. The van der Waals surface area contributed by atoms with E-state index in [1.54, 1.807) is 13.3 Å². The van der Waals surface area contributed by atoms with Crippen LogP contribution in [-0.4, -0.2) is 24.3 Å². The summed E-state index contributed by atoms with van der Waals surface area (Å²) >= 11 is 0. The molecule has 1 aromatic rings. The minimum Gasteiger partial charge on any atom is -0.481 e. The predicted molar refractivity (Wildman–Crippen MR) is 69.4 cm³/mol. The SMILES string of the molecule is COc1ncccc1CNC1CCC(C(F)(F)F)CC1. The van der Waals surface area contributed by atoms with E-state index in [4.69, 9.17) is 4.74 Å². The Labute approximate surface area is 116 Å². The minimum absolute atomic E-state index is 0.138. The van der Waals surface area contributed by atoms with Gasteiger partial charge in [0.05, 0.1) is 13.0 Å². The number of rotatable bonds is 4. The maximum atomic E-state index is 12.6. The number of nitrogens with zero attached hydrogens (tertiary/aromatic N) is 1. The number of hydrogen-bond acceptors (Lipinski definition) is 3. The van der Waals surface area contributed by atoms with Crippen LogP contribution in [0, 0.1) is 5.92 Å². The lowest BCUT2D eigenvalue weighted by atomic mass is 9.85. The highest BCUT2D eigenvalue weighted by Gasteiger charge is 2.41. The molecule has 0 aliphatic heterocycles. The van der Waals surface area contributed by atoms with E-state index in [9.17, 15) is 13.2 Å². The maximum Gasteiger partial charge on any atom is 0.391 e. The molecule has 112 valence electrons. The van der Waals surface area contributed by atoms with Crippen molar-refractivity contribution in [2.45, 2.75) is 44.4 Å². The van der Waals surface area contributed by atoms with E-state index < -0.39 is 12.1 Å². The van der Waals surface area contributed by atoms with Crippen molar-refractivity contribution in [2.24, 2.45) is 5.92 Å². The highest BCUT2D eigenvalue weighted by Crippen LogP contribution is 2.37. The average molecular weight is 288 g/mol. The lowest BCUT2D eigenvalue weighted by molar-refractivity contribution is -0.182. The zero-order valence-electron chi connectivity index (χ0n) is 11.4. The molecule has 3 nitrogen and oxygen atoms in total. The number of pyridine rings is 1. The van der Waals surface area contributed by atoms with Crippen LogP contribution >= 0.6 is 0 Å². The lowest BCUT2D eigenvalue weighted by Gasteiger charge is -2.30. The van der Waals surface area contributed by atoms with E-state index in [0.29, 0.717) is 25.3 Å². The summed E-state index contributed by atoms with van der Waals surface area (Å²) in [6.45, 7) is 0.568. The van der Waals surface area contributed by atoms with Gasteiger partial charge in [0.15, 0.2) is 0 Å². The van der Waals surface area contributed by atoms with Crippen molar-refractivity contribution < 1.29 is 17.9 Å². The molecular weight excluding hydrogens is 269 g/mol. The van der Waals surface area contributed by atoms with Gasteiger partial charge in [-0.2, -0.15) is 13.2 Å². The Balaban J connectivity index is 1.82. The van der Waals surface area contributed by atoms with Crippen LogP contribution in [0.25, 0.3) is 0 Å². The van der Waals surface area contributed by atoms with Crippen molar-refractivity contribution in [3.05, 3.63) is 23.9 Å². The molecule has 0 spiro atoms. The van der Waals surface area contributed by atoms with Gasteiger partial charge in [-0.15, -0.1) is 0 Å². The quantitative estimate of drug-likeness (QED) is 0.923. The summed E-state index contributed by atoms with van der Waals surface area (Å²) in [5.41, 5.74) is 0.924. The van der Waals surface area contributed by atoms with Crippen LogP contribution < -0.4 is 10.1 Å². The summed E-state index contributed by atoms with van der Waals surface area (Å²) in [4.78, 5) is 4.09. The second-order valence-corrected chi connectivity index (χ2v) is 5.14. The van der Waals surface area contributed by atoms with Crippen LogP contribution in [0.3, 0.4) is 0 Å². The van der Waals surface area contributed by atoms with Crippen LogP contribution in [0.15, 0.2) is 18.3 Å². The summed E-state index contributed by atoms with van der Waals surface area (Å²) in [7, 11) is 1.56. The topological polar surface area (TPSA) is 34.1 Å². The number of halogens is 3. The Hall–Kier alpha value is -1.30. The molecule has 0 amide bonds. The molecular formula is C14H19F3N2O. The van der Waals surface area contributed by atoms with E-state index in [-0.39, 0.29) is 18.9 Å². The molecule has 0 bridgehead atoms. The minimum atomic E-state index is -4.04. The van der Waals surface area contributed by atoms with Crippen LogP contribution in [0.2, 0.25) is 0 Å². The molecule has 6 heteroatoms. The summed E-state index contributed by atoms with van der Waals surface area (Å²) in [5.74, 6) is -0.572. The smallest absolute Gasteiger partial charge is 0.391 e. The summed E-state index contributed by atoms with van der Waals surface area (Å²) in [6.07, 6.45) is -0.843. The average Bonchev–Trinajstić information content (AvgIpc) is 2.45. The van der Waals surface area contributed by atoms with E-state index in [1.807, 2.05) is 12.1 Å². The Bertz CT molecular complexity index is 429. The monoisotopic (exact) mass is 288 g/mol. The fourth-order valence-corrected chi connectivity index (χ4v) is 2.62. The van der Waals surface area contributed by atoms with E-state index in [1.165, 1.54) is 0 Å². The molecule has 1 aliphatic rings. The summed E-state index contributed by atoms with van der Waals surface area (Å²) in [6, 6.07) is 3.86. The second-order valence-electron chi connectivity index (χ2n) is 5.14. The normalized spacial score (nSPS) is 23.6. The van der Waals surface area contributed by atoms with Gasteiger partial charge in [0.1, 0.15) is 0 Å². The van der Waals surface area contributed by atoms with E-state index in [0.717, 1.165) is 5.56 Å². The first-order valence-electron chi connectivity index (χ1n) is 6.78. The summed E-state index contributed by atoms with van der Waals surface area (Å²) < 4.78 is 42.9. The van der Waals surface area contributed by atoms with Gasteiger partial charge in [-0.3, -0.25) is 0 Å². The van der Waals surface area contributed by atoms with Crippen molar-refractivity contribution in [2.75, 3.05) is 7.11 Å². The van der Waals surface area contributed by atoms with E-state index >= 15 is 0 Å². The molecule has 1 aromatic heterocycles. The fraction of sp³-hybridized carbons (Fsp3) is 0.643. The molecule has 0 radical (unpaired) electrons. The molecule has 0 aromatic carbocycles. The number of methoxy groups -OCH3 is 1. The third kappa shape index (κ3) is 3.85. The first-order valence-corrected chi connectivity index (χ1v) is 6.78. The van der Waals surface area contributed by atoms with Gasteiger partial charge < -0.3 is 10.1 Å². The van der Waals surface area contributed by atoms with Crippen LogP contribution in [0.4, 0.5) is 13.2 Å². The first-order chi connectivity index (χ1) is 9.50. The van der Waals surface area contributed by atoms with Crippen molar-refractivity contribution in [1.82, 2.24) is 10.3 Å². The van der Waals surface area contributed by atoms with Gasteiger partial charge in [0.2, 0.25) is 5.88 Å². The zero-order chi connectivity index (χ0) is 14.6. The van der Waals surface area contributed by atoms with Crippen molar-refractivity contribution in [1.29, 1.82) is 0 Å². The molecule has 2 rings (SSSR count). The second kappa shape index (κ2) is 6.43. The molecule has 0 saturated heterocycles. The van der Waals surface area contributed by atoms with Crippen LogP contribution in [0.5, 0.6) is 5.88 Å². The first kappa shape index (κ1) is 15.1. The van der Waals surface area contributed by atoms with E-state index in [2.05, 4.69) is 10.3 Å². The van der Waals surface area contributed by atoms with Crippen LogP contribution in [0.1, 0.15) is 31.2 Å². The number of ether oxygens (including phenoxy) is 1. The molecule has 1 fully saturated rings. The molecule has 1 heterocycles. The maximum absolute atomic E-state index is 12.6. The van der Waals surface area contributed by atoms with Crippen molar-refractivity contribution in [3.63, 3.8) is 0 Å². The van der Waals surface area contributed by atoms with Gasteiger partial charge in [0, 0.05) is 24.3 Å². The van der Waals surface area contributed by atoms with Gasteiger partial charge in [-0.1, -0.05) is 6.07 Å². The van der Waals surface area contributed by atoms with Gasteiger partial charge >= 0.3 is 6.18 Å². The predicted octanol–water partition coefficient (Wildman–Crippen LogP) is 3.30. The Morgan fingerprint density at radius 2 is 2.00 bits per heavy atom. The van der Waals surface area contributed by atoms with Gasteiger partial charge in [-0.05, 0) is 31.7 Å². The zero-order valence-corrected chi connectivity index (χ0v) is 11.4.